The number of rotatable bonds is 4. The highest BCUT2D eigenvalue weighted by molar-refractivity contribution is 5.80. The van der Waals surface area contributed by atoms with Gasteiger partial charge in [0.05, 0.1) is 19.8 Å². The van der Waals surface area contributed by atoms with E-state index in [1.54, 1.807) is 12.1 Å². The largest absolute Gasteiger partial charge is 0.457 e. The van der Waals surface area contributed by atoms with Gasteiger partial charge in [-0.05, 0) is 12.1 Å². The summed E-state index contributed by atoms with van der Waals surface area (Å²) in [6, 6.07) is 2.88. The number of carbonyl (C=O) groups excluding carboxylic acids is 2. The molecule has 92 valence electrons. The molecule has 1 aromatic heterocycles. The number of primary amides is 1. The Morgan fingerprint density at radius 1 is 1.59 bits per heavy atom. The molecule has 6 nitrogen and oxygen atoms in total. The van der Waals surface area contributed by atoms with Gasteiger partial charge in [-0.3, -0.25) is 14.5 Å². The van der Waals surface area contributed by atoms with Crippen molar-refractivity contribution < 1.29 is 18.7 Å². The Balaban J connectivity index is 2.04. The van der Waals surface area contributed by atoms with Crippen molar-refractivity contribution in [2.45, 2.75) is 12.6 Å². The van der Waals surface area contributed by atoms with Crippen LogP contribution in [0.4, 0.5) is 0 Å². The van der Waals surface area contributed by atoms with E-state index in [1.807, 2.05) is 4.90 Å². The molecule has 0 spiro atoms. The Morgan fingerprint density at radius 3 is 3.06 bits per heavy atom. The van der Waals surface area contributed by atoms with Crippen molar-refractivity contribution in [3.8, 4) is 0 Å². The maximum Gasteiger partial charge on any atom is 0.237 e. The fraction of sp³-hybridized carbons (Fsp3) is 0.455. The number of carbonyl (C=O) groups is 2. The van der Waals surface area contributed by atoms with Gasteiger partial charge in [-0.25, -0.2) is 0 Å². The molecule has 0 saturated carbocycles. The lowest BCUT2D eigenvalue weighted by atomic mass is 10.2. The molecule has 0 aromatic carbocycles. The molecule has 2 rings (SSSR count). The van der Waals surface area contributed by atoms with Crippen molar-refractivity contribution in [3.63, 3.8) is 0 Å². The Kier molecular flexibility index (Phi) is 3.55. The summed E-state index contributed by atoms with van der Waals surface area (Å²) < 4.78 is 10.5. The highest BCUT2D eigenvalue weighted by Crippen LogP contribution is 2.14. The summed E-state index contributed by atoms with van der Waals surface area (Å²) in [7, 11) is 0. The van der Waals surface area contributed by atoms with E-state index in [2.05, 4.69) is 0 Å². The van der Waals surface area contributed by atoms with E-state index in [4.69, 9.17) is 14.9 Å². The molecule has 0 bridgehead atoms. The summed E-state index contributed by atoms with van der Waals surface area (Å²) in [6.07, 6.45) is 0.647. The Hall–Kier alpha value is -1.66. The van der Waals surface area contributed by atoms with Crippen LogP contribution >= 0.6 is 0 Å². The molecule has 1 atom stereocenters. The molecule has 1 saturated heterocycles. The number of furan rings is 1. The zero-order chi connectivity index (χ0) is 12.3. The lowest BCUT2D eigenvalue weighted by molar-refractivity contribution is -0.129. The number of nitrogens with two attached hydrogens (primary N) is 1. The van der Waals surface area contributed by atoms with Gasteiger partial charge < -0.3 is 14.9 Å². The minimum atomic E-state index is -0.437. The van der Waals surface area contributed by atoms with E-state index >= 15 is 0 Å². The van der Waals surface area contributed by atoms with Crippen LogP contribution < -0.4 is 5.73 Å². The molecule has 0 aliphatic carbocycles. The van der Waals surface area contributed by atoms with Crippen molar-refractivity contribution in [2.75, 3.05) is 19.8 Å². The number of hydrogen-bond acceptors (Lipinski definition) is 5. The summed E-state index contributed by atoms with van der Waals surface area (Å²) in [4.78, 5) is 23.6. The molecule has 17 heavy (non-hydrogen) atoms. The van der Waals surface area contributed by atoms with Gasteiger partial charge in [0.25, 0.3) is 0 Å². The van der Waals surface area contributed by atoms with Gasteiger partial charge in [0, 0.05) is 6.54 Å². The zero-order valence-electron chi connectivity index (χ0n) is 9.30. The van der Waals surface area contributed by atoms with Crippen LogP contribution in [0.5, 0.6) is 0 Å². The van der Waals surface area contributed by atoms with Gasteiger partial charge in [-0.1, -0.05) is 0 Å². The first kappa shape index (κ1) is 11.8. The predicted octanol–water partition coefficient (Wildman–Crippen LogP) is -0.222. The molecule has 1 aliphatic rings. The van der Waals surface area contributed by atoms with Crippen LogP contribution in [-0.4, -0.2) is 42.9 Å². The molecule has 2 N–H and O–H groups in total. The van der Waals surface area contributed by atoms with Crippen LogP contribution in [-0.2, 0) is 16.1 Å². The molecule has 6 heteroatoms. The molecular formula is C11H14N2O4. The second-order valence-electron chi connectivity index (χ2n) is 3.89. The average molecular weight is 238 g/mol. The zero-order valence-corrected chi connectivity index (χ0v) is 9.30. The summed E-state index contributed by atoms with van der Waals surface area (Å²) in [5.41, 5.74) is 5.30. The first-order valence-electron chi connectivity index (χ1n) is 5.35. The maximum atomic E-state index is 11.2. The number of aldehydes is 1. The van der Waals surface area contributed by atoms with Crippen LogP contribution in [0.2, 0.25) is 0 Å². The summed E-state index contributed by atoms with van der Waals surface area (Å²) in [5, 5.41) is 0. The van der Waals surface area contributed by atoms with E-state index < -0.39 is 11.9 Å². The summed E-state index contributed by atoms with van der Waals surface area (Å²) in [5.74, 6) is 0.510. The predicted molar refractivity (Wildman–Crippen MR) is 58.3 cm³/mol. The standard InChI is InChI=1S/C11H14N2O4/c12-11(15)10-7-16-4-3-13(10)5-8-1-2-9(6-14)17-8/h1-2,6,10H,3-5,7H2,(H2,12,15). The molecule has 1 amide bonds. The fourth-order valence-corrected chi connectivity index (χ4v) is 1.83. The van der Waals surface area contributed by atoms with Crippen molar-refractivity contribution in [3.05, 3.63) is 23.7 Å². The second kappa shape index (κ2) is 5.11. The smallest absolute Gasteiger partial charge is 0.237 e. The molecular weight excluding hydrogens is 224 g/mol. The Morgan fingerprint density at radius 2 is 2.41 bits per heavy atom. The van der Waals surface area contributed by atoms with Gasteiger partial charge in [0.2, 0.25) is 5.91 Å². The Bertz CT molecular complexity index is 415. The molecule has 0 radical (unpaired) electrons. The third-order valence-corrected chi connectivity index (χ3v) is 2.73. The van der Waals surface area contributed by atoms with Gasteiger partial charge in [0.15, 0.2) is 12.0 Å². The van der Waals surface area contributed by atoms with E-state index in [1.165, 1.54) is 0 Å². The first-order chi connectivity index (χ1) is 8.20. The van der Waals surface area contributed by atoms with Crippen molar-refractivity contribution in [1.29, 1.82) is 0 Å². The van der Waals surface area contributed by atoms with Gasteiger partial charge >= 0.3 is 0 Å². The lowest BCUT2D eigenvalue weighted by Gasteiger charge is -2.32. The second-order valence-corrected chi connectivity index (χ2v) is 3.89. The topological polar surface area (TPSA) is 85.8 Å². The highest BCUT2D eigenvalue weighted by Gasteiger charge is 2.28. The minimum Gasteiger partial charge on any atom is -0.457 e. The van der Waals surface area contributed by atoms with E-state index in [0.717, 1.165) is 0 Å². The average Bonchev–Trinajstić information content (AvgIpc) is 2.77. The van der Waals surface area contributed by atoms with Crippen LogP contribution in [0.3, 0.4) is 0 Å². The monoisotopic (exact) mass is 238 g/mol. The van der Waals surface area contributed by atoms with Crippen LogP contribution in [0, 0.1) is 0 Å². The number of morpholine rings is 1. The SMILES string of the molecule is NC(=O)C1COCCN1Cc1ccc(C=O)o1. The fourth-order valence-electron chi connectivity index (χ4n) is 1.83. The van der Waals surface area contributed by atoms with Crippen molar-refractivity contribution in [1.82, 2.24) is 4.90 Å². The van der Waals surface area contributed by atoms with Gasteiger partial charge in [0.1, 0.15) is 11.8 Å². The van der Waals surface area contributed by atoms with Crippen LogP contribution in [0.15, 0.2) is 16.5 Å². The number of hydrogen-bond donors (Lipinski definition) is 1. The van der Waals surface area contributed by atoms with E-state index in [0.29, 0.717) is 38.3 Å². The third-order valence-electron chi connectivity index (χ3n) is 2.73. The maximum absolute atomic E-state index is 11.2. The normalized spacial score (nSPS) is 21.3. The lowest BCUT2D eigenvalue weighted by Crippen LogP contribution is -2.51. The minimum absolute atomic E-state index is 0.281. The molecule has 1 fully saturated rings. The van der Waals surface area contributed by atoms with E-state index in [9.17, 15) is 9.59 Å². The van der Waals surface area contributed by atoms with Crippen molar-refractivity contribution in [2.24, 2.45) is 5.73 Å². The Labute approximate surface area is 98.3 Å². The van der Waals surface area contributed by atoms with E-state index in [-0.39, 0.29) is 5.76 Å². The summed E-state index contributed by atoms with van der Waals surface area (Å²) in [6.45, 7) is 1.93. The molecule has 1 unspecified atom stereocenters. The van der Waals surface area contributed by atoms with Crippen LogP contribution in [0.1, 0.15) is 16.3 Å². The van der Waals surface area contributed by atoms with Crippen LogP contribution in [0.25, 0.3) is 0 Å². The highest BCUT2D eigenvalue weighted by atomic mass is 16.5. The molecule has 1 aromatic rings. The number of nitrogens with zero attached hydrogens (tertiary/aromatic N) is 1. The quantitative estimate of drug-likeness (QED) is 0.733. The molecule has 2 heterocycles. The third kappa shape index (κ3) is 2.72. The van der Waals surface area contributed by atoms with Gasteiger partial charge in [-0.2, -0.15) is 0 Å². The first-order valence-corrected chi connectivity index (χ1v) is 5.35. The number of ether oxygens (including phenoxy) is 1. The molecule has 1 aliphatic heterocycles. The van der Waals surface area contributed by atoms with Crippen molar-refractivity contribution >= 4 is 12.2 Å². The summed E-state index contributed by atoms with van der Waals surface area (Å²) >= 11 is 0. The number of amides is 1. The van der Waals surface area contributed by atoms with Gasteiger partial charge in [-0.15, -0.1) is 0 Å².